The van der Waals surface area contributed by atoms with Crippen LogP contribution in [-0.4, -0.2) is 52.0 Å². The average Bonchev–Trinajstić information content (AvgIpc) is 3.58. The third-order valence-corrected chi connectivity index (χ3v) is 9.94. The average molecular weight is 582 g/mol. The first kappa shape index (κ1) is 27.3. The van der Waals surface area contributed by atoms with Crippen molar-refractivity contribution in [1.82, 2.24) is 19.4 Å². The topological polar surface area (TPSA) is 86.3 Å². The van der Waals surface area contributed by atoms with Gasteiger partial charge in [0.1, 0.15) is 16.2 Å². The number of nitrogens with two attached hydrogens (primary N) is 1. The lowest BCUT2D eigenvalue weighted by molar-refractivity contribution is 0.0937. The number of amides is 1. The van der Waals surface area contributed by atoms with Gasteiger partial charge in [0, 0.05) is 40.8 Å². The third-order valence-electron chi connectivity index (χ3n) is 8.74. The first-order valence-electron chi connectivity index (χ1n) is 13.7. The van der Waals surface area contributed by atoms with Gasteiger partial charge in [0.25, 0.3) is 0 Å². The van der Waals surface area contributed by atoms with Crippen LogP contribution in [0.5, 0.6) is 0 Å². The van der Waals surface area contributed by atoms with Gasteiger partial charge in [-0.25, -0.2) is 14.2 Å². The van der Waals surface area contributed by atoms with Crippen LogP contribution in [0.3, 0.4) is 0 Å². The van der Waals surface area contributed by atoms with E-state index in [4.69, 9.17) is 27.1 Å². The SMILES string of the molecule is COC(=O)N1CCC[C@@H]1c1cc2c(SC)nc3c(F)c(-c4cccc(C)c4Cl)ncc3c2n1[C@H]1[C@@H](CN)C[C@@H]1C. The number of ether oxygens (including phenoxy) is 1. The van der Waals surface area contributed by atoms with Crippen molar-refractivity contribution in [1.29, 1.82) is 0 Å². The van der Waals surface area contributed by atoms with Crippen molar-refractivity contribution in [2.24, 2.45) is 17.6 Å². The molecule has 0 bridgehead atoms. The summed E-state index contributed by atoms with van der Waals surface area (Å²) < 4.78 is 23.9. The van der Waals surface area contributed by atoms with Gasteiger partial charge in [-0.2, -0.15) is 0 Å². The molecule has 0 spiro atoms. The van der Waals surface area contributed by atoms with Crippen LogP contribution in [0, 0.1) is 24.6 Å². The quantitative estimate of drug-likeness (QED) is 0.252. The molecule has 4 aromatic rings. The van der Waals surface area contributed by atoms with Crippen molar-refractivity contribution < 1.29 is 13.9 Å². The summed E-state index contributed by atoms with van der Waals surface area (Å²) in [6.45, 7) is 5.31. The summed E-state index contributed by atoms with van der Waals surface area (Å²) in [5.41, 5.74) is 9.99. The summed E-state index contributed by atoms with van der Waals surface area (Å²) in [5.74, 6) is 0.159. The maximum absolute atomic E-state index is 16.4. The van der Waals surface area contributed by atoms with Crippen LogP contribution in [0.15, 0.2) is 35.5 Å². The number of nitrogens with zero attached hydrogens (tertiary/aromatic N) is 4. The number of hydrogen-bond donors (Lipinski definition) is 1. The zero-order chi connectivity index (χ0) is 28.3. The number of fused-ring (bicyclic) bond motifs is 3. The van der Waals surface area contributed by atoms with Gasteiger partial charge in [0.15, 0.2) is 5.82 Å². The molecule has 1 aliphatic carbocycles. The van der Waals surface area contributed by atoms with Crippen LogP contribution in [0.25, 0.3) is 33.1 Å². The van der Waals surface area contributed by atoms with E-state index in [0.717, 1.165) is 46.4 Å². The molecule has 1 saturated heterocycles. The number of hydrogen-bond acceptors (Lipinski definition) is 6. The molecule has 40 heavy (non-hydrogen) atoms. The Morgan fingerprint density at radius 2 is 2.12 bits per heavy atom. The molecule has 2 fully saturated rings. The van der Waals surface area contributed by atoms with E-state index < -0.39 is 5.82 Å². The Morgan fingerprint density at radius 3 is 2.83 bits per heavy atom. The molecule has 4 heterocycles. The molecule has 3 aromatic heterocycles. The van der Waals surface area contributed by atoms with Crippen molar-refractivity contribution in [3.63, 3.8) is 0 Å². The molecule has 6 rings (SSSR count). The van der Waals surface area contributed by atoms with Crippen LogP contribution in [0.4, 0.5) is 9.18 Å². The Morgan fingerprint density at radius 1 is 1.32 bits per heavy atom. The highest BCUT2D eigenvalue weighted by Gasteiger charge is 2.43. The molecule has 1 aromatic carbocycles. The van der Waals surface area contributed by atoms with Crippen molar-refractivity contribution in [3.8, 4) is 11.3 Å². The van der Waals surface area contributed by atoms with Crippen LogP contribution >= 0.6 is 23.4 Å². The number of pyridine rings is 2. The van der Waals surface area contributed by atoms with Gasteiger partial charge in [-0.3, -0.25) is 9.88 Å². The van der Waals surface area contributed by atoms with Crippen LogP contribution < -0.4 is 5.73 Å². The zero-order valence-corrected chi connectivity index (χ0v) is 24.7. The number of thioether (sulfide) groups is 1. The minimum Gasteiger partial charge on any atom is -0.453 e. The first-order chi connectivity index (χ1) is 19.3. The van der Waals surface area contributed by atoms with Crippen molar-refractivity contribution in [2.45, 2.75) is 50.2 Å². The minimum atomic E-state index is -0.495. The summed E-state index contributed by atoms with van der Waals surface area (Å²) in [6, 6.07) is 7.63. The second-order valence-corrected chi connectivity index (χ2v) is 12.1. The number of rotatable bonds is 5. The number of aromatic nitrogens is 3. The van der Waals surface area contributed by atoms with E-state index in [0.29, 0.717) is 35.0 Å². The van der Waals surface area contributed by atoms with Gasteiger partial charge >= 0.3 is 6.09 Å². The predicted molar refractivity (Wildman–Crippen MR) is 158 cm³/mol. The maximum atomic E-state index is 16.4. The van der Waals surface area contributed by atoms with E-state index in [1.54, 1.807) is 17.2 Å². The first-order valence-corrected chi connectivity index (χ1v) is 15.3. The normalized spacial score (nSPS) is 22.7. The summed E-state index contributed by atoms with van der Waals surface area (Å²) in [7, 11) is 1.42. The molecular formula is C30H33ClFN5O2S. The number of carbonyl (C=O) groups excluding carboxylic acids is 1. The third kappa shape index (κ3) is 4.08. The predicted octanol–water partition coefficient (Wildman–Crippen LogP) is 7.13. The smallest absolute Gasteiger partial charge is 0.410 e. The number of methoxy groups -OCH3 is 1. The van der Waals surface area contributed by atoms with Crippen LogP contribution in [-0.2, 0) is 4.74 Å². The highest BCUT2D eigenvalue weighted by molar-refractivity contribution is 7.98. The highest BCUT2D eigenvalue weighted by Crippen LogP contribution is 2.50. The molecule has 210 valence electrons. The monoisotopic (exact) mass is 581 g/mol. The molecule has 4 atom stereocenters. The molecule has 0 radical (unpaired) electrons. The Labute approximate surface area is 242 Å². The molecular weight excluding hydrogens is 549 g/mol. The number of likely N-dealkylation sites (tertiary alicyclic amines) is 1. The number of aryl methyl sites for hydroxylation is 1. The maximum Gasteiger partial charge on any atom is 0.410 e. The van der Waals surface area contributed by atoms with Crippen LogP contribution in [0.2, 0.25) is 5.02 Å². The fourth-order valence-corrected chi connectivity index (χ4v) is 7.57. The molecule has 1 saturated carbocycles. The standard InChI is InChI=1S/C30H33ClFN5O2S/c1-15-7-5-8-18(23(15)31)25-24(32)26-20(14-34-25)28-19(29(35-26)40-4)12-22(21-9-6-10-36(21)30(38)39-3)37(28)27-16(2)11-17(27)13-33/h5,7-8,12,14,16-17,21,27H,6,9-11,13,33H2,1-4H3/t16-,17+,21+,27+/m0/s1. The van der Waals surface area contributed by atoms with Crippen LogP contribution in [0.1, 0.15) is 49.5 Å². The second-order valence-electron chi connectivity index (χ2n) is 11.0. The Bertz CT molecular complexity index is 1640. The molecule has 7 nitrogen and oxygen atoms in total. The van der Waals surface area contributed by atoms with E-state index in [2.05, 4.69) is 22.5 Å². The highest BCUT2D eigenvalue weighted by atomic mass is 35.5. The van der Waals surface area contributed by atoms with Gasteiger partial charge in [-0.1, -0.05) is 36.7 Å². The van der Waals surface area contributed by atoms with Crippen molar-refractivity contribution >= 4 is 51.3 Å². The summed E-state index contributed by atoms with van der Waals surface area (Å²) >= 11 is 8.07. The Kier molecular flexibility index (Phi) is 7.17. The molecule has 10 heteroatoms. The largest absolute Gasteiger partial charge is 0.453 e. The zero-order valence-electron chi connectivity index (χ0n) is 23.1. The Balaban J connectivity index is 1.67. The fourth-order valence-electron chi connectivity index (χ4n) is 6.79. The van der Waals surface area contributed by atoms with E-state index >= 15 is 4.39 Å². The van der Waals surface area contributed by atoms with E-state index in [1.807, 2.05) is 25.3 Å². The van der Waals surface area contributed by atoms with Gasteiger partial charge in [0.2, 0.25) is 0 Å². The van der Waals surface area contributed by atoms with E-state index in [9.17, 15) is 4.79 Å². The van der Waals surface area contributed by atoms with E-state index in [1.165, 1.54) is 18.9 Å². The lowest BCUT2D eigenvalue weighted by atomic mass is 9.70. The fraction of sp³-hybridized carbons (Fsp3) is 0.433. The van der Waals surface area contributed by atoms with Gasteiger partial charge in [0.05, 0.1) is 23.7 Å². The number of carbonyl (C=O) groups is 1. The lowest BCUT2D eigenvalue weighted by Crippen LogP contribution is -2.42. The number of benzene rings is 1. The Hall–Kier alpha value is -2.88. The summed E-state index contributed by atoms with van der Waals surface area (Å²) in [6.07, 6.45) is 6.06. The summed E-state index contributed by atoms with van der Waals surface area (Å²) in [5, 5.41) is 2.78. The minimum absolute atomic E-state index is 0.117. The van der Waals surface area contributed by atoms with E-state index in [-0.39, 0.29) is 35.3 Å². The molecule has 2 N–H and O–H groups in total. The van der Waals surface area contributed by atoms with Crippen molar-refractivity contribution in [2.75, 3.05) is 26.5 Å². The lowest BCUT2D eigenvalue weighted by Gasteiger charge is -2.45. The van der Waals surface area contributed by atoms with Gasteiger partial charge < -0.3 is 15.0 Å². The van der Waals surface area contributed by atoms with Gasteiger partial charge in [-0.05, 0) is 62.5 Å². The number of halogens is 2. The molecule has 1 amide bonds. The summed E-state index contributed by atoms with van der Waals surface area (Å²) in [4.78, 5) is 24.0. The molecule has 1 aliphatic heterocycles. The van der Waals surface area contributed by atoms with Crippen molar-refractivity contribution in [3.05, 3.63) is 52.6 Å². The molecule has 2 aliphatic rings. The second kappa shape index (κ2) is 10.5. The van der Waals surface area contributed by atoms with Gasteiger partial charge in [-0.15, -0.1) is 11.8 Å². The molecule has 0 unspecified atom stereocenters.